The second-order valence-corrected chi connectivity index (χ2v) is 7.34. The molecule has 152 valence electrons. The molecule has 0 saturated heterocycles. The molecule has 7 heteroatoms. The number of ether oxygens (including phenoxy) is 1. The molecule has 0 spiro atoms. The molecule has 1 N–H and O–H groups in total. The molecule has 2 aromatic heterocycles. The Morgan fingerprint density at radius 3 is 2.93 bits per heavy atom. The van der Waals surface area contributed by atoms with Crippen molar-refractivity contribution in [3.8, 4) is 5.88 Å². The van der Waals surface area contributed by atoms with Crippen LogP contribution in [0.25, 0.3) is 16.4 Å². The summed E-state index contributed by atoms with van der Waals surface area (Å²) in [7, 11) is 0. The Morgan fingerprint density at radius 2 is 2.14 bits per heavy atom. The van der Waals surface area contributed by atoms with Gasteiger partial charge in [-0.1, -0.05) is 18.6 Å². The molecule has 0 aliphatic heterocycles. The number of benzene rings is 1. The van der Waals surface area contributed by atoms with Crippen LogP contribution in [-0.4, -0.2) is 33.7 Å². The maximum Gasteiger partial charge on any atom is 0.258 e. The highest BCUT2D eigenvalue weighted by Crippen LogP contribution is 2.27. The lowest BCUT2D eigenvalue weighted by atomic mass is 9.97. The second-order valence-electron chi connectivity index (χ2n) is 7.34. The molecule has 2 heterocycles. The monoisotopic (exact) mass is 396 g/mol. The summed E-state index contributed by atoms with van der Waals surface area (Å²) >= 11 is 0. The average molecular weight is 396 g/mol. The van der Waals surface area contributed by atoms with Gasteiger partial charge in [0.15, 0.2) is 6.61 Å². The molecule has 1 aliphatic carbocycles. The maximum absolute atomic E-state index is 13.6. The molecule has 1 aliphatic rings. The highest BCUT2D eigenvalue weighted by molar-refractivity contribution is 5.89. The standard InChI is InChI=1S/C22H25FN4O2/c1-2-20-25-26-22(19-13-16-12-17(23)8-9-18(16)27(19)20)29-14-21(28)24-11-10-15-6-4-3-5-7-15/h6,8-9,12-13H,2-5,7,10-11,14H2,1H3,(H,24,28). The maximum atomic E-state index is 13.6. The van der Waals surface area contributed by atoms with Gasteiger partial charge in [-0.2, -0.15) is 0 Å². The first-order chi connectivity index (χ1) is 14.2. The van der Waals surface area contributed by atoms with Gasteiger partial charge in [-0.15, -0.1) is 10.2 Å². The smallest absolute Gasteiger partial charge is 0.258 e. The lowest BCUT2D eigenvalue weighted by molar-refractivity contribution is -0.123. The Bertz CT molecular complexity index is 1070. The van der Waals surface area contributed by atoms with Crippen molar-refractivity contribution in [3.05, 3.63) is 47.6 Å². The Balaban J connectivity index is 1.45. The van der Waals surface area contributed by atoms with Crippen molar-refractivity contribution in [1.82, 2.24) is 19.9 Å². The first-order valence-corrected chi connectivity index (χ1v) is 10.2. The number of carbonyl (C=O) groups excluding carboxylic acids is 1. The molecule has 1 aromatic carbocycles. The predicted molar refractivity (Wildman–Crippen MR) is 110 cm³/mol. The molecular formula is C22H25FN4O2. The minimum atomic E-state index is -0.303. The summed E-state index contributed by atoms with van der Waals surface area (Å²) in [6.45, 7) is 2.46. The summed E-state index contributed by atoms with van der Waals surface area (Å²) in [5.74, 6) is 0.522. The van der Waals surface area contributed by atoms with E-state index in [1.165, 1.54) is 30.5 Å². The zero-order chi connectivity index (χ0) is 20.2. The van der Waals surface area contributed by atoms with Gasteiger partial charge in [0.2, 0.25) is 0 Å². The SMILES string of the molecule is CCc1nnc(OCC(=O)NCCC2=CCCCC2)c2cc3cc(F)ccc3n12. The van der Waals surface area contributed by atoms with Crippen LogP contribution in [0.2, 0.25) is 0 Å². The van der Waals surface area contributed by atoms with E-state index in [1.807, 2.05) is 17.4 Å². The van der Waals surface area contributed by atoms with Crippen LogP contribution in [-0.2, 0) is 11.2 Å². The van der Waals surface area contributed by atoms with Crippen molar-refractivity contribution >= 4 is 22.3 Å². The van der Waals surface area contributed by atoms with Crippen molar-refractivity contribution in [2.45, 2.75) is 45.4 Å². The number of hydrogen-bond donors (Lipinski definition) is 1. The van der Waals surface area contributed by atoms with Gasteiger partial charge in [-0.25, -0.2) is 4.39 Å². The molecule has 6 nitrogen and oxygen atoms in total. The first kappa shape index (κ1) is 19.4. The minimum absolute atomic E-state index is 0.134. The van der Waals surface area contributed by atoms with Gasteiger partial charge in [-0.3, -0.25) is 9.20 Å². The van der Waals surface area contributed by atoms with Gasteiger partial charge < -0.3 is 10.1 Å². The fraction of sp³-hybridized carbons (Fsp3) is 0.409. The van der Waals surface area contributed by atoms with Crippen LogP contribution in [0.4, 0.5) is 4.39 Å². The third-order valence-corrected chi connectivity index (χ3v) is 5.31. The largest absolute Gasteiger partial charge is 0.465 e. The number of nitrogens with one attached hydrogen (secondary N) is 1. The fourth-order valence-corrected chi connectivity index (χ4v) is 3.83. The van der Waals surface area contributed by atoms with E-state index in [0.717, 1.165) is 36.0 Å². The Labute approximate surface area is 168 Å². The first-order valence-electron chi connectivity index (χ1n) is 10.2. The molecule has 29 heavy (non-hydrogen) atoms. The summed E-state index contributed by atoms with van der Waals surface area (Å²) in [5.41, 5.74) is 2.94. The van der Waals surface area contributed by atoms with Crippen molar-refractivity contribution < 1.29 is 13.9 Å². The van der Waals surface area contributed by atoms with Gasteiger partial charge in [-0.05, 0) is 56.4 Å². The summed E-state index contributed by atoms with van der Waals surface area (Å²) in [4.78, 5) is 12.2. The normalized spacial score (nSPS) is 14.2. The fourth-order valence-electron chi connectivity index (χ4n) is 3.83. The van der Waals surface area contributed by atoms with Crippen molar-refractivity contribution in [3.63, 3.8) is 0 Å². The van der Waals surface area contributed by atoms with E-state index < -0.39 is 0 Å². The number of halogens is 1. The van der Waals surface area contributed by atoms with Crippen LogP contribution in [0, 0.1) is 5.82 Å². The quantitative estimate of drug-likeness (QED) is 0.614. The number of hydrogen-bond acceptors (Lipinski definition) is 4. The predicted octanol–water partition coefficient (Wildman–Crippen LogP) is 3.97. The number of fused-ring (bicyclic) bond motifs is 3. The Morgan fingerprint density at radius 1 is 1.24 bits per heavy atom. The highest BCUT2D eigenvalue weighted by Gasteiger charge is 2.15. The van der Waals surface area contributed by atoms with Gasteiger partial charge in [0.05, 0.1) is 5.52 Å². The Kier molecular flexibility index (Phi) is 5.74. The lowest BCUT2D eigenvalue weighted by Crippen LogP contribution is -2.30. The van der Waals surface area contributed by atoms with Crippen LogP contribution >= 0.6 is 0 Å². The van der Waals surface area contributed by atoms with Crippen LogP contribution < -0.4 is 10.1 Å². The molecule has 0 fully saturated rings. The van der Waals surface area contributed by atoms with Gasteiger partial charge in [0.25, 0.3) is 11.8 Å². The third-order valence-electron chi connectivity index (χ3n) is 5.31. The van der Waals surface area contributed by atoms with Crippen LogP contribution in [0.3, 0.4) is 0 Å². The summed E-state index contributed by atoms with van der Waals surface area (Å²) in [6, 6.07) is 6.42. The molecular weight excluding hydrogens is 371 g/mol. The zero-order valence-electron chi connectivity index (χ0n) is 16.6. The highest BCUT2D eigenvalue weighted by atomic mass is 19.1. The number of amides is 1. The van der Waals surface area contributed by atoms with Gasteiger partial charge in [0, 0.05) is 18.4 Å². The molecule has 0 atom stereocenters. The van der Waals surface area contributed by atoms with Crippen LogP contribution in [0.15, 0.2) is 35.9 Å². The van der Waals surface area contributed by atoms with E-state index in [4.69, 9.17) is 4.74 Å². The number of aryl methyl sites for hydroxylation is 1. The van der Waals surface area contributed by atoms with Crippen molar-refractivity contribution in [2.75, 3.05) is 13.2 Å². The molecule has 0 radical (unpaired) electrons. The van der Waals surface area contributed by atoms with E-state index >= 15 is 0 Å². The van der Waals surface area contributed by atoms with E-state index in [9.17, 15) is 9.18 Å². The number of carbonyl (C=O) groups is 1. The molecule has 0 bridgehead atoms. The second kappa shape index (κ2) is 8.59. The number of allylic oxidation sites excluding steroid dienone is 1. The average Bonchev–Trinajstić information content (AvgIpc) is 3.11. The third kappa shape index (κ3) is 4.23. The number of nitrogens with zero attached hydrogens (tertiary/aromatic N) is 3. The van der Waals surface area contributed by atoms with Crippen LogP contribution in [0.5, 0.6) is 5.88 Å². The van der Waals surface area contributed by atoms with E-state index in [2.05, 4.69) is 21.6 Å². The minimum Gasteiger partial charge on any atom is -0.465 e. The summed E-state index contributed by atoms with van der Waals surface area (Å²) in [5, 5.41) is 12.0. The summed E-state index contributed by atoms with van der Waals surface area (Å²) < 4.78 is 21.2. The molecule has 1 amide bonds. The van der Waals surface area contributed by atoms with Crippen LogP contribution in [0.1, 0.15) is 44.9 Å². The van der Waals surface area contributed by atoms with Crippen molar-refractivity contribution in [1.29, 1.82) is 0 Å². The molecule has 0 saturated carbocycles. The number of rotatable bonds is 7. The van der Waals surface area contributed by atoms with Gasteiger partial charge in [0.1, 0.15) is 17.2 Å². The topological polar surface area (TPSA) is 68.5 Å². The van der Waals surface area contributed by atoms with Gasteiger partial charge >= 0.3 is 0 Å². The molecule has 4 rings (SSSR count). The zero-order valence-corrected chi connectivity index (χ0v) is 16.6. The Hall–Kier alpha value is -2.96. The molecule has 0 unspecified atom stereocenters. The molecule has 3 aromatic rings. The van der Waals surface area contributed by atoms with E-state index in [-0.39, 0.29) is 24.2 Å². The van der Waals surface area contributed by atoms with E-state index in [1.54, 1.807) is 6.07 Å². The lowest BCUT2D eigenvalue weighted by Gasteiger charge is -2.13. The van der Waals surface area contributed by atoms with Crippen molar-refractivity contribution in [2.24, 2.45) is 0 Å². The van der Waals surface area contributed by atoms with E-state index in [0.29, 0.717) is 18.5 Å². The number of aromatic nitrogens is 3. The summed E-state index contributed by atoms with van der Waals surface area (Å²) in [6.07, 6.45) is 8.61.